The second-order valence-corrected chi connectivity index (χ2v) is 6.72. The summed E-state index contributed by atoms with van der Waals surface area (Å²) in [6.45, 7) is 5.48. The Balaban J connectivity index is 2.09. The maximum Gasteiger partial charge on any atom is 0.0483 e. The maximum atomic E-state index is 6.07. The van der Waals surface area contributed by atoms with Crippen LogP contribution in [-0.4, -0.2) is 22.1 Å². The van der Waals surface area contributed by atoms with Gasteiger partial charge in [-0.2, -0.15) is 11.8 Å². The Morgan fingerprint density at radius 2 is 2.10 bits per heavy atom. The van der Waals surface area contributed by atoms with Gasteiger partial charge in [-0.1, -0.05) is 26.0 Å². The largest absolute Gasteiger partial charge is 0.347 e. The number of fused-ring (bicyclic) bond motifs is 1. The van der Waals surface area contributed by atoms with Gasteiger partial charge < -0.3 is 10.3 Å². The fourth-order valence-corrected chi connectivity index (χ4v) is 3.10. The molecule has 0 spiro atoms. The maximum absolute atomic E-state index is 6.07. The molecule has 0 aliphatic carbocycles. The Kier molecular flexibility index (Phi) is 5.99. The van der Waals surface area contributed by atoms with Crippen LogP contribution in [0.4, 0.5) is 0 Å². The van der Waals surface area contributed by atoms with Crippen LogP contribution in [0.1, 0.15) is 32.3 Å². The molecule has 2 N–H and O–H groups in total. The lowest BCUT2D eigenvalue weighted by Gasteiger charge is -2.10. The molecule has 1 heterocycles. The predicted molar refractivity (Wildman–Crippen MR) is 91.5 cm³/mol. The van der Waals surface area contributed by atoms with Crippen molar-refractivity contribution in [3.63, 3.8) is 0 Å². The van der Waals surface area contributed by atoms with E-state index in [1.165, 1.54) is 34.4 Å². The van der Waals surface area contributed by atoms with E-state index < -0.39 is 0 Å². The third-order valence-corrected chi connectivity index (χ3v) is 4.74. The highest BCUT2D eigenvalue weighted by molar-refractivity contribution is 7.99. The molecule has 0 amide bonds. The Bertz CT molecular complexity index is 533. The van der Waals surface area contributed by atoms with Gasteiger partial charge in [-0.25, -0.2) is 0 Å². The predicted octanol–water partition coefficient (Wildman–Crippen LogP) is 4.06. The molecule has 1 unspecified atom stereocenters. The molecule has 2 aromatic rings. The minimum absolute atomic E-state index is 0.275. The van der Waals surface area contributed by atoms with Crippen molar-refractivity contribution in [3.8, 4) is 0 Å². The zero-order valence-electron chi connectivity index (χ0n) is 12.6. The minimum atomic E-state index is 0.275. The van der Waals surface area contributed by atoms with Gasteiger partial charge in [-0.3, -0.25) is 0 Å². The highest BCUT2D eigenvalue weighted by Crippen LogP contribution is 2.19. The van der Waals surface area contributed by atoms with Gasteiger partial charge >= 0.3 is 0 Å². The molecule has 2 nitrogen and oxygen atoms in total. The molecule has 20 heavy (non-hydrogen) atoms. The first-order valence-corrected chi connectivity index (χ1v) is 8.81. The van der Waals surface area contributed by atoms with Gasteiger partial charge in [0.1, 0.15) is 0 Å². The topological polar surface area (TPSA) is 30.9 Å². The number of thioether (sulfide) groups is 1. The summed E-state index contributed by atoms with van der Waals surface area (Å²) in [6, 6.07) is 9.25. The number of aromatic nitrogens is 1. The van der Waals surface area contributed by atoms with E-state index in [2.05, 4.69) is 48.9 Å². The summed E-state index contributed by atoms with van der Waals surface area (Å²) >= 11 is 2.02. The van der Waals surface area contributed by atoms with Crippen molar-refractivity contribution in [2.45, 2.75) is 45.7 Å². The molecule has 110 valence electrons. The normalized spacial score (nSPS) is 12.9. The molecule has 0 saturated carbocycles. The van der Waals surface area contributed by atoms with Crippen LogP contribution in [0.15, 0.2) is 30.5 Å². The van der Waals surface area contributed by atoms with E-state index in [-0.39, 0.29) is 6.04 Å². The van der Waals surface area contributed by atoms with Crippen molar-refractivity contribution in [1.29, 1.82) is 0 Å². The molecular weight excluding hydrogens is 264 g/mol. The van der Waals surface area contributed by atoms with Gasteiger partial charge in [0.05, 0.1) is 0 Å². The molecule has 1 aromatic heterocycles. The van der Waals surface area contributed by atoms with Crippen LogP contribution in [0.5, 0.6) is 0 Å². The summed E-state index contributed by atoms with van der Waals surface area (Å²) in [7, 11) is 0. The van der Waals surface area contributed by atoms with Crippen molar-refractivity contribution in [2.75, 3.05) is 11.5 Å². The first kappa shape index (κ1) is 15.5. The number of nitrogens with zero attached hydrogens (tertiary/aromatic N) is 1. The molecule has 0 bridgehead atoms. The van der Waals surface area contributed by atoms with Crippen LogP contribution in [0.25, 0.3) is 10.9 Å². The number of benzene rings is 1. The molecule has 3 heteroatoms. The minimum Gasteiger partial charge on any atom is -0.347 e. The zero-order chi connectivity index (χ0) is 14.4. The lowest BCUT2D eigenvalue weighted by molar-refractivity contribution is 0.646. The van der Waals surface area contributed by atoms with E-state index >= 15 is 0 Å². The van der Waals surface area contributed by atoms with Crippen molar-refractivity contribution in [1.82, 2.24) is 4.57 Å². The summed E-state index contributed by atoms with van der Waals surface area (Å²) in [5.74, 6) is 2.46. The fourth-order valence-electron chi connectivity index (χ4n) is 2.48. The monoisotopic (exact) mass is 290 g/mol. The third-order valence-electron chi connectivity index (χ3n) is 3.75. The lowest BCUT2D eigenvalue weighted by atomic mass is 10.0. The van der Waals surface area contributed by atoms with Crippen LogP contribution in [0, 0.1) is 0 Å². The molecule has 2 rings (SSSR count). The molecular formula is C17H26N2S. The van der Waals surface area contributed by atoms with Crippen LogP contribution in [0.3, 0.4) is 0 Å². The molecule has 0 aliphatic heterocycles. The SMILES string of the molecule is CCSCCCn1ccc2ccc(CC(N)CC)cc21. The van der Waals surface area contributed by atoms with Gasteiger partial charge in [0.15, 0.2) is 0 Å². The van der Waals surface area contributed by atoms with E-state index in [4.69, 9.17) is 5.73 Å². The highest BCUT2D eigenvalue weighted by Gasteiger charge is 2.05. The quantitative estimate of drug-likeness (QED) is 0.743. The molecule has 1 atom stereocenters. The lowest BCUT2D eigenvalue weighted by Crippen LogP contribution is -2.21. The van der Waals surface area contributed by atoms with E-state index in [9.17, 15) is 0 Å². The molecule has 0 fully saturated rings. The average molecular weight is 290 g/mol. The van der Waals surface area contributed by atoms with Crippen LogP contribution >= 0.6 is 11.8 Å². The number of nitrogens with two attached hydrogens (primary N) is 1. The highest BCUT2D eigenvalue weighted by atomic mass is 32.2. The molecule has 0 aliphatic rings. The first-order chi connectivity index (χ1) is 9.74. The molecule has 0 saturated heterocycles. The van der Waals surface area contributed by atoms with Gasteiger partial charge in [-0.15, -0.1) is 0 Å². The van der Waals surface area contributed by atoms with E-state index in [0.717, 1.165) is 19.4 Å². The number of aryl methyl sites for hydroxylation is 1. The van der Waals surface area contributed by atoms with Crippen LogP contribution in [0.2, 0.25) is 0 Å². The van der Waals surface area contributed by atoms with Gasteiger partial charge in [0.2, 0.25) is 0 Å². The second-order valence-electron chi connectivity index (χ2n) is 5.33. The number of rotatable bonds is 8. The van der Waals surface area contributed by atoms with Crippen molar-refractivity contribution >= 4 is 22.7 Å². The third kappa shape index (κ3) is 4.03. The van der Waals surface area contributed by atoms with Gasteiger partial charge in [0, 0.05) is 24.3 Å². The number of hydrogen-bond donors (Lipinski definition) is 1. The van der Waals surface area contributed by atoms with E-state index in [1.54, 1.807) is 0 Å². The van der Waals surface area contributed by atoms with Crippen LogP contribution in [-0.2, 0) is 13.0 Å². The summed E-state index contributed by atoms with van der Waals surface area (Å²) in [5.41, 5.74) is 8.78. The van der Waals surface area contributed by atoms with Gasteiger partial charge in [0.25, 0.3) is 0 Å². The summed E-state index contributed by atoms with van der Waals surface area (Å²) < 4.78 is 2.38. The second kappa shape index (κ2) is 7.75. The van der Waals surface area contributed by atoms with Crippen molar-refractivity contribution in [3.05, 3.63) is 36.0 Å². The fraction of sp³-hybridized carbons (Fsp3) is 0.529. The van der Waals surface area contributed by atoms with Crippen molar-refractivity contribution in [2.24, 2.45) is 5.73 Å². The zero-order valence-corrected chi connectivity index (χ0v) is 13.5. The van der Waals surface area contributed by atoms with Crippen LogP contribution < -0.4 is 5.73 Å². The first-order valence-electron chi connectivity index (χ1n) is 7.65. The summed E-state index contributed by atoms with van der Waals surface area (Å²) in [6.07, 6.45) is 5.46. The standard InChI is InChI=1S/C17H26N2S/c1-3-16(18)12-14-6-7-15-8-10-19(17(15)13-14)9-5-11-20-4-2/h6-8,10,13,16H,3-5,9,11-12,18H2,1-2H3. The number of hydrogen-bond acceptors (Lipinski definition) is 2. The Hall–Kier alpha value is -0.930. The summed E-state index contributed by atoms with van der Waals surface area (Å²) in [4.78, 5) is 0. The average Bonchev–Trinajstić information content (AvgIpc) is 2.86. The van der Waals surface area contributed by atoms with Crippen molar-refractivity contribution < 1.29 is 0 Å². The Morgan fingerprint density at radius 3 is 2.85 bits per heavy atom. The molecule has 1 aromatic carbocycles. The summed E-state index contributed by atoms with van der Waals surface area (Å²) in [5, 5.41) is 1.34. The van der Waals surface area contributed by atoms with E-state index in [0.29, 0.717) is 0 Å². The Labute approximate surface area is 126 Å². The Morgan fingerprint density at radius 1 is 1.25 bits per heavy atom. The van der Waals surface area contributed by atoms with E-state index in [1.807, 2.05) is 11.8 Å². The molecule has 0 radical (unpaired) electrons. The van der Waals surface area contributed by atoms with Gasteiger partial charge in [-0.05, 0) is 53.9 Å². The smallest absolute Gasteiger partial charge is 0.0483 e.